The van der Waals surface area contributed by atoms with Crippen LogP contribution in [0.15, 0.2) is 22.5 Å². The molecule has 0 spiro atoms. The van der Waals surface area contributed by atoms with Crippen molar-refractivity contribution in [2.24, 2.45) is 4.99 Å². The molecule has 2 fully saturated rings. The van der Waals surface area contributed by atoms with Crippen molar-refractivity contribution in [3.63, 3.8) is 0 Å². The second kappa shape index (κ2) is 11.3. The van der Waals surface area contributed by atoms with E-state index in [1.165, 1.54) is 5.00 Å². The number of morpholine rings is 1. The molecule has 1 atom stereocenters. The lowest BCUT2D eigenvalue weighted by Crippen LogP contribution is -2.53. The van der Waals surface area contributed by atoms with Crippen LogP contribution in [0.2, 0.25) is 0 Å². The molecule has 1 aromatic heterocycles. The summed E-state index contributed by atoms with van der Waals surface area (Å²) < 4.78 is 5.45. The van der Waals surface area contributed by atoms with E-state index < -0.39 is 0 Å². The summed E-state index contributed by atoms with van der Waals surface area (Å²) in [5.41, 5.74) is 0. The molecule has 148 valence electrons. The average Bonchev–Trinajstić information content (AvgIpc) is 3.20. The van der Waals surface area contributed by atoms with Gasteiger partial charge >= 0.3 is 0 Å². The zero-order chi connectivity index (χ0) is 17.5. The second-order valence-electron chi connectivity index (χ2n) is 6.62. The first-order chi connectivity index (χ1) is 12.3. The predicted molar refractivity (Wildman–Crippen MR) is 121 cm³/mol. The number of hydrogen-bond donors (Lipinski definition) is 1. The molecule has 2 aliphatic heterocycles. The lowest BCUT2D eigenvalue weighted by molar-refractivity contribution is 0.0220. The molecule has 8 heteroatoms. The molecule has 26 heavy (non-hydrogen) atoms. The third kappa shape index (κ3) is 5.97. The monoisotopic (exact) mass is 493 g/mol. The van der Waals surface area contributed by atoms with Crippen LogP contribution in [0.25, 0.3) is 0 Å². The maximum atomic E-state index is 5.45. The molecular formula is C18H32IN5OS. The molecule has 0 amide bonds. The van der Waals surface area contributed by atoms with Crippen molar-refractivity contribution >= 4 is 46.3 Å². The standard InChI is InChI=1S/C18H31N5OS.HI/c1-3-19-18(20-15-16(2)21-10-12-24-13-11-21)23-8-6-22(7-9-23)17-5-4-14-25-17;/h4-5,14,16H,3,6-13,15H2,1-2H3,(H,19,20);1H. The average molecular weight is 493 g/mol. The SMILES string of the molecule is CCNC(=NCC(C)N1CCOCC1)N1CCN(c2cccs2)CC1.I. The topological polar surface area (TPSA) is 43.3 Å². The molecule has 3 rings (SSSR count). The molecule has 2 saturated heterocycles. The number of anilines is 1. The van der Waals surface area contributed by atoms with Crippen LogP contribution in [0.4, 0.5) is 5.00 Å². The number of halogens is 1. The summed E-state index contributed by atoms with van der Waals surface area (Å²) in [6.45, 7) is 14.1. The van der Waals surface area contributed by atoms with Gasteiger partial charge in [-0.1, -0.05) is 0 Å². The van der Waals surface area contributed by atoms with Gasteiger partial charge in [-0.25, -0.2) is 0 Å². The van der Waals surface area contributed by atoms with Crippen LogP contribution >= 0.6 is 35.3 Å². The van der Waals surface area contributed by atoms with Crippen molar-refractivity contribution in [3.05, 3.63) is 17.5 Å². The van der Waals surface area contributed by atoms with E-state index in [0.29, 0.717) is 6.04 Å². The van der Waals surface area contributed by atoms with Gasteiger partial charge in [-0.3, -0.25) is 9.89 Å². The van der Waals surface area contributed by atoms with Crippen LogP contribution < -0.4 is 10.2 Å². The third-order valence-corrected chi connectivity index (χ3v) is 5.84. The third-order valence-electron chi connectivity index (χ3n) is 4.91. The molecular weight excluding hydrogens is 461 g/mol. The van der Waals surface area contributed by atoms with Crippen LogP contribution in [0, 0.1) is 0 Å². The Hall–Kier alpha value is -0.580. The Labute approximate surface area is 178 Å². The highest BCUT2D eigenvalue weighted by molar-refractivity contribution is 14.0. The van der Waals surface area contributed by atoms with E-state index in [0.717, 1.165) is 71.5 Å². The molecule has 0 radical (unpaired) electrons. The van der Waals surface area contributed by atoms with Crippen molar-refractivity contribution in [1.29, 1.82) is 0 Å². The van der Waals surface area contributed by atoms with Gasteiger partial charge in [0.15, 0.2) is 5.96 Å². The van der Waals surface area contributed by atoms with Gasteiger partial charge in [-0.2, -0.15) is 0 Å². The Morgan fingerprint density at radius 2 is 1.96 bits per heavy atom. The zero-order valence-electron chi connectivity index (χ0n) is 15.9. The fraction of sp³-hybridized carbons (Fsp3) is 0.722. The first kappa shape index (κ1) is 21.7. The summed E-state index contributed by atoms with van der Waals surface area (Å²) >= 11 is 1.83. The number of aliphatic imine (C=N–C) groups is 1. The molecule has 0 bridgehead atoms. The summed E-state index contributed by atoms with van der Waals surface area (Å²) in [4.78, 5) is 12.3. The van der Waals surface area contributed by atoms with Gasteiger partial charge in [0.05, 0.1) is 24.8 Å². The minimum Gasteiger partial charge on any atom is -0.379 e. The molecule has 0 aromatic carbocycles. The summed E-state index contributed by atoms with van der Waals surface area (Å²) in [5.74, 6) is 1.06. The lowest BCUT2D eigenvalue weighted by Gasteiger charge is -2.37. The van der Waals surface area contributed by atoms with Gasteiger partial charge in [0.1, 0.15) is 0 Å². The number of nitrogens with zero attached hydrogens (tertiary/aromatic N) is 4. The Balaban J connectivity index is 0.00000243. The highest BCUT2D eigenvalue weighted by Gasteiger charge is 2.21. The van der Waals surface area contributed by atoms with Gasteiger partial charge < -0.3 is 19.9 Å². The Kier molecular flexibility index (Phi) is 9.44. The minimum atomic E-state index is 0. The maximum absolute atomic E-state index is 5.45. The number of thiophene rings is 1. The first-order valence-corrected chi connectivity index (χ1v) is 10.3. The predicted octanol–water partition coefficient (Wildman–Crippen LogP) is 2.17. The van der Waals surface area contributed by atoms with Crippen LogP contribution in [-0.4, -0.2) is 87.4 Å². The fourth-order valence-electron chi connectivity index (χ4n) is 3.37. The van der Waals surface area contributed by atoms with Gasteiger partial charge in [-0.05, 0) is 31.4 Å². The highest BCUT2D eigenvalue weighted by atomic mass is 127. The summed E-state index contributed by atoms with van der Waals surface area (Å²) in [7, 11) is 0. The van der Waals surface area contributed by atoms with E-state index in [1.807, 2.05) is 11.3 Å². The molecule has 1 aromatic rings. The van der Waals surface area contributed by atoms with Crippen LogP contribution in [0.5, 0.6) is 0 Å². The zero-order valence-corrected chi connectivity index (χ0v) is 19.0. The number of guanidine groups is 1. The molecule has 3 heterocycles. The number of piperazine rings is 1. The number of ether oxygens (including phenoxy) is 1. The molecule has 1 N–H and O–H groups in total. The van der Waals surface area contributed by atoms with Crippen molar-refractivity contribution in [3.8, 4) is 0 Å². The van der Waals surface area contributed by atoms with Crippen LogP contribution in [0.1, 0.15) is 13.8 Å². The van der Waals surface area contributed by atoms with Crippen molar-refractivity contribution in [2.75, 3.05) is 70.5 Å². The van der Waals surface area contributed by atoms with E-state index in [2.05, 4.69) is 51.4 Å². The van der Waals surface area contributed by atoms with Crippen LogP contribution in [0.3, 0.4) is 0 Å². The van der Waals surface area contributed by atoms with Gasteiger partial charge in [0.25, 0.3) is 0 Å². The Morgan fingerprint density at radius 3 is 2.58 bits per heavy atom. The molecule has 0 saturated carbocycles. The van der Waals surface area contributed by atoms with Crippen molar-refractivity contribution < 1.29 is 4.74 Å². The minimum absolute atomic E-state index is 0. The normalized spacial score (nSPS) is 20.6. The molecule has 0 aliphatic carbocycles. The second-order valence-corrected chi connectivity index (χ2v) is 7.54. The van der Waals surface area contributed by atoms with E-state index in [4.69, 9.17) is 9.73 Å². The summed E-state index contributed by atoms with van der Waals surface area (Å²) in [5, 5.41) is 7.01. The maximum Gasteiger partial charge on any atom is 0.194 e. The molecule has 2 aliphatic rings. The van der Waals surface area contributed by atoms with E-state index >= 15 is 0 Å². The summed E-state index contributed by atoms with van der Waals surface area (Å²) in [6, 6.07) is 4.80. The molecule has 6 nitrogen and oxygen atoms in total. The van der Waals surface area contributed by atoms with Crippen molar-refractivity contribution in [1.82, 2.24) is 15.1 Å². The van der Waals surface area contributed by atoms with E-state index in [1.54, 1.807) is 0 Å². The first-order valence-electron chi connectivity index (χ1n) is 9.41. The Bertz CT molecular complexity index is 528. The number of hydrogen-bond acceptors (Lipinski definition) is 5. The van der Waals surface area contributed by atoms with Gasteiger partial charge in [0, 0.05) is 51.9 Å². The van der Waals surface area contributed by atoms with E-state index in [9.17, 15) is 0 Å². The molecule has 1 unspecified atom stereocenters. The van der Waals surface area contributed by atoms with Crippen molar-refractivity contribution in [2.45, 2.75) is 19.9 Å². The fourth-order valence-corrected chi connectivity index (χ4v) is 4.15. The number of rotatable bonds is 5. The quantitative estimate of drug-likeness (QED) is 0.387. The smallest absolute Gasteiger partial charge is 0.194 e. The lowest BCUT2D eigenvalue weighted by atomic mass is 10.2. The Morgan fingerprint density at radius 1 is 1.23 bits per heavy atom. The van der Waals surface area contributed by atoms with Gasteiger partial charge in [0.2, 0.25) is 0 Å². The van der Waals surface area contributed by atoms with E-state index in [-0.39, 0.29) is 24.0 Å². The number of nitrogens with one attached hydrogen (secondary N) is 1. The van der Waals surface area contributed by atoms with Gasteiger partial charge in [-0.15, -0.1) is 35.3 Å². The highest BCUT2D eigenvalue weighted by Crippen LogP contribution is 2.22. The summed E-state index contributed by atoms with van der Waals surface area (Å²) in [6.07, 6.45) is 0. The largest absolute Gasteiger partial charge is 0.379 e. The van der Waals surface area contributed by atoms with Crippen LogP contribution in [-0.2, 0) is 4.74 Å².